The van der Waals surface area contributed by atoms with E-state index < -0.39 is 0 Å². The van der Waals surface area contributed by atoms with Gasteiger partial charge in [0.25, 0.3) is 0 Å². The number of thiophene rings is 1. The van der Waals surface area contributed by atoms with E-state index in [-0.39, 0.29) is 28.5 Å². The van der Waals surface area contributed by atoms with Crippen LogP contribution in [0.4, 0.5) is 28.4 Å². The van der Waals surface area contributed by atoms with E-state index >= 15 is 0 Å². The van der Waals surface area contributed by atoms with E-state index in [1.165, 1.54) is 77.5 Å². The lowest BCUT2D eigenvalue weighted by Crippen LogP contribution is -2.61. The quantitative estimate of drug-likeness (QED) is 0.161. The number of benzene rings is 10. The monoisotopic (exact) mass is 1110 g/mol. The fraction of sp³-hybridized carbons (Fsp3) is 0.205. The zero-order chi connectivity index (χ0) is 57.3. The van der Waals surface area contributed by atoms with Crippen LogP contribution in [0.15, 0.2) is 209 Å². The molecule has 84 heavy (non-hydrogen) atoms. The lowest BCUT2D eigenvalue weighted by atomic mass is 9.43. The highest BCUT2D eigenvalue weighted by atomic mass is 32.1. The molecule has 0 unspecified atom stereocenters. The van der Waals surface area contributed by atoms with Gasteiger partial charge >= 0.3 is 6.85 Å². The van der Waals surface area contributed by atoms with Gasteiger partial charge in [0, 0.05) is 75.6 Å². The van der Waals surface area contributed by atoms with Gasteiger partial charge in [-0.3, -0.25) is 0 Å². The zero-order valence-electron chi connectivity index (χ0n) is 49.7. The highest BCUT2D eigenvalue weighted by molar-refractivity contribution is 7.26. The van der Waals surface area contributed by atoms with Crippen LogP contribution >= 0.6 is 11.3 Å². The van der Waals surface area contributed by atoms with Crippen LogP contribution in [0.25, 0.3) is 97.8 Å². The van der Waals surface area contributed by atoms with Crippen LogP contribution in [0.2, 0.25) is 0 Å². The van der Waals surface area contributed by atoms with E-state index in [0.717, 1.165) is 94.7 Å². The molecule has 10 aromatic carbocycles. The molecule has 0 N–H and O–H groups in total. The minimum atomic E-state index is -0.323. The van der Waals surface area contributed by atoms with Gasteiger partial charge in [0.15, 0.2) is 5.58 Å². The standard InChI is InChI=1S/C78H67BN2O2S/c1-75(2,3)49-30-33-51(34-31-49)81-64-45-69-55(56-41-60-61(43-68(56)84-69)78(9,10)37-36-77(60,7)8)39-54(64)57-40-58-52-28-20-21-29-66(52)82-74(58)72-71(57)79(81)62-44-67-59(70(47-24-16-12-17-25-47)73(83-67)48-26-18-13-19-27-48)42-65(62)80(72)63-35-32-50(76(4,5)6)38-53(63)46-22-14-11-15-23-46/h11-35,38-45H,36-37H2,1-10H3. The van der Waals surface area contributed by atoms with E-state index in [1.54, 1.807) is 0 Å². The molecule has 0 fully saturated rings. The maximum Gasteiger partial charge on any atom is 0.333 e. The van der Waals surface area contributed by atoms with E-state index in [1.807, 2.05) is 11.3 Å². The largest absolute Gasteiger partial charge is 0.455 e. The summed E-state index contributed by atoms with van der Waals surface area (Å²) < 4.78 is 17.5. The predicted octanol–water partition coefficient (Wildman–Crippen LogP) is 21.4. The Morgan fingerprint density at radius 1 is 0.452 bits per heavy atom. The first-order chi connectivity index (χ1) is 40.4. The number of nitrogens with zero attached hydrogens (tertiary/aromatic N) is 2. The summed E-state index contributed by atoms with van der Waals surface area (Å²) in [6.45, 7) is 23.4. The predicted molar refractivity (Wildman–Crippen MR) is 359 cm³/mol. The molecule has 4 nitrogen and oxygen atoms in total. The molecule has 0 atom stereocenters. The third-order valence-electron chi connectivity index (χ3n) is 19.2. The summed E-state index contributed by atoms with van der Waals surface area (Å²) in [4.78, 5) is 5.26. The second kappa shape index (κ2) is 18.0. The van der Waals surface area contributed by atoms with Crippen molar-refractivity contribution in [2.45, 2.75) is 104 Å². The summed E-state index contributed by atoms with van der Waals surface area (Å²) >= 11 is 1.95. The Morgan fingerprint density at radius 3 is 1.74 bits per heavy atom. The first-order valence-corrected chi connectivity index (χ1v) is 30.9. The molecule has 3 aromatic heterocycles. The Hall–Kier alpha value is -8.58. The van der Waals surface area contributed by atoms with Gasteiger partial charge in [-0.15, -0.1) is 11.3 Å². The molecule has 3 aliphatic rings. The van der Waals surface area contributed by atoms with Crippen molar-refractivity contribution in [2.75, 3.05) is 9.71 Å². The highest BCUT2D eigenvalue weighted by Crippen LogP contribution is 2.56. The van der Waals surface area contributed by atoms with Crippen molar-refractivity contribution in [1.29, 1.82) is 0 Å². The van der Waals surface area contributed by atoms with Crippen molar-refractivity contribution in [3.05, 3.63) is 222 Å². The summed E-state index contributed by atoms with van der Waals surface area (Å²) in [7, 11) is 0. The van der Waals surface area contributed by atoms with Crippen LogP contribution in [0, 0.1) is 0 Å². The van der Waals surface area contributed by atoms with Crippen molar-refractivity contribution >= 4 is 111 Å². The second-order valence-electron chi connectivity index (χ2n) is 27.5. The molecule has 410 valence electrons. The summed E-state index contributed by atoms with van der Waals surface area (Å²) in [5.74, 6) is 0.854. The third-order valence-corrected chi connectivity index (χ3v) is 20.3. The average Bonchev–Trinajstić information content (AvgIpc) is 1.23. The van der Waals surface area contributed by atoms with E-state index in [2.05, 4.69) is 279 Å². The first kappa shape index (κ1) is 51.1. The molecule has 0 bridgehead atoms. The van der Waals surface area contributed by atoms with Gasteiger partial charge in [-0.05, 0) is 157 Å². The Kier molecular flexibility index (Phi) is 10.9. The summed E-state index contributed by atoms with van der Waals surface area (Å²) in [6.07, 6.45) is 2.34. The fourth-order valence-corrected chi connectivity index (χ4v) is 15.6. The average molecular weight is 1110 g/mol. The topological polar surface area (TPSA) is 32.8 Å². The van der Waals surface area contributed by atoms with Crippen molar-refractivity contribution in [2.24, 2.45) is 0 Å². The van der Waals surface area contributed by atoms with Crippen molar-refractivity contribution < 1.29 is 8.83 Å². The van der Waals surface area contributed by atoms with Crippen LogP contribution in [-0.4, -0.2) is 6.85 Å². The minimum Gasteiger partial charge on any atom is -0.455 e. The Labute approximate surface area is 497 Å². The van der Waals surface area contributed by atoms with Crippen LogP contribution < -0.4 is 20.6 Å². The fourth-order valence-electron chi connectivity index (χ4n) is 14.5. The first-order valence-electron chi connectivity index (χ1n) is 30.0. The molecule has 0 radical (unpaired) electrons. The summed E-state index contributed by atoms with van der Waals surface area (Å²) in [6, 6.07) is 75.3. The van der Waals surface area contributed by atoms with Crippen LogP contribution in [0.3, 0.4) is 0 Å². The lowest BCUT2D eigenvalue weighted by Gasteiger charge is -2.46. The van der Waals surface area contributed by atoms with Gasteiger partial charge in [-0.2, -0.15) is 0 Å². The van der Waals surface area contributed by atoms with Gasteiger partial charge in [0.1, 0.15) is 16.9 Å². The third kappa shape index (κ3) is 7.65. The number of furan rings is 2. The zero-order valence-corrected chi connectivity index (χ0v) is 50.5. The Morgan fingerprint density at radius 2 is 1.05 bits per heavy atom. The van der Waals surface area contributed by atoms with Gasteiger partial charge in [-0.1, -0.05) is 197 Å². The number of anilines is 5. The van der Waals surface area contributed by atoms with Gasteiger partial charge < -0.3 is 18.5 Å². The molecule has 6 heteroatoms. The van der Waals surface area contributed by atoms with Crippen molar-refractivity contribution in [1.82, 2.24) is 0 Å². The number of hydrogen-bond acceptors (Lipinski definition) is 5. The molecular weight excluding hydrogens is 1040 g/mol. The van der Waals surface area contributed by atoms with Crippen LogP contribution in [-0.2, 0) is 21.7 Å². The second-order valence-corrected chi connectivity index (χ2v) is 28.6. The number of rotatable bonds is 5. The summed E-state index contributed by atoms with van der Waals surface area (Å²) in [5.41, 5.74) is 24.0. The molecule has 1 aliphatic carbocycles. The Balaban J connectivity index is 1.09. The highest BCUT2D eigenvalue weighted by Gasteiger charge is 2.48. The maximum absolute atomic E-state index is 7.47. The lowest BCUT2D eigenvalue weighted by molar-refractivity contribution is 0.332. The molecule has 13 aromatic rings. The molecule has 5 heterocycles. The Bertz CT molecular complexity index is 4860. The van der Waals surface area contributed by atoms with E-state index in [0.29, 0.717) is 0 Å². The normalized spacial score (nSPS) is 15.3. The molecule has 0 saturated heterocycles. The molecule has 2 aliphatic heterocycles. The van der Waals surface area contributed by atoms with Crippen molar-refractivity contribution in [3.63, 3.8) is 0 Å². The number of hydrogen-bond donors (Lipinski definition) is 0. The van der Waals surface area contributed by atoms with Crippen LogP contribution in [0.5, 0.6) is 0 Å². The van der Waals surface area contributed by atoms with E-state index in [4.69, 9.17) is 8.83 Å². The van der Waals surface area contributed by atoms with Crippen molar-refractivity contribution in [3.8, 4) is 44.7 Å². The van der Waals surface area contributed by atoms with Gasteiger partial charge in [0.05, 0.1) is 11.4 Å². The van der Waals surface area contributed by atoms with Gasteiger partial charge in [-0.25, -0.2) is 0 Å². The molecule has 0 saturated carbocycles. The smallest absolute Gasteiger partial charge is 0.333 e. The minimum absolute atomic E-state index is 0.0364. The molecule has 0 amide bonds. The van der Waals surface area contributed by atoms with Gasteiger partial charge in [0.2, 0.25) is 0 Å². The SMILES string of the molecule is CC(C)(C)c1ccc(N2B3c4cc5oc(-c6ccccc6)c(-c6ccccc6)c5cc4N(c4ccc(C(C)(C)C)cc4-c4ccccc4)c4c3c(cc3c4oc4ccccc43)-c3cc4c(cc32)sc2cc3c(cc24)C(C)(C)CCC3(C)C)cc1. The summed E-state index contributed by atoms with van der Waals surface area (Å²) in [5, 5.41) is 5.90. The molecule has 16 rings (SSSR count). The van der Waals surface area contributed by atoms with E-state index in [9.17, 15) is 0 Å². The number of fused-ring (bicyclic) bond motifs is 13. The number of para-hydroxylation sites is 1. The molecular formula is C78H67BN2O2S. The maximum atomic E-state index is 7.47. The van der Waals surface area contributed by atoms with Crippen LogP contribution in [0.1, 0.15) is 104 Å². The molecule has 0 spiro atoms.